The van der Waals surface area contributed by atoms with Crippen molar-refractivity contribution in [2.75, 3.05) is 6.61 Å². The number of rotatable bonds is 5. The van der Waals surface area contributed by atoms with Gasteiger partial charge in [-0.1, -0.05) is 36.4 Å². The Balaban J connectivity index is 2.63. The SMILES string of the molecule is C/C(=C\CO)C(C)(O)C(=O)NCc1ccccc1. The zero-order chi connectivity index (χ0) is 13.6. The third-order valence-corrected chi connectivity index (χ3v) is 2.90. The summed E-state index contributed by atoms with van der Waals surface area (Å²) in [5.41, 5.74) is -0.210. The number of aliphatic hydroxyl groups is 2. The van der Waals surface area contributed by atoms with Gasteiger partial charge < -0.3 is 15.5 Å². The molecule has 1 aromatic rings. The second-order valence-electron chi connectivity index (χ2n) is 4.31. The summed E-state index contributed by atoms with van der Waals surface area (Å²) in [6, 6.07) is 9.46. The molecular weight excluding hydrogens is 230 g/mol. The monoisotopic (exact) mass is 249 g/mol. The zero-order valence-electron chi connectivity index (χ0n) is 10.7. The van der Waals surface area contributed by atoms with Crippen LogP contribution in [0.5, 0.6) is 0 Å². The van der Waals surface area contributed by atoms with Crippen molar-refractivity contribution in [3.63, 3.8) is 0 Å². The molecule has 98 valence electrons. The average molecular weight is 249 g/mol. The molecular formula is C14H19NO3. The second-order valence-corrected chi connectivity index (χ2v) is 4.31. The van der Waals surface area contributed by atoms with E-state index in [2.05, 4.69) is 5.32 Å². The maximum atomic E-state index is 11.9. The molecule has 1 amide bonds. The van der Waals surface area contributed by atoms with Crippen LogP contribution >= 0.6 is 0 Å². The first kappa shape index (κ1) is 14.4. The lowest BCUT2D eigenvalue weighted by Crippen LogP contribution is -2.45. The lowest BCUT2D eigenvalue weighted by atomic mass is 9.96. The fourth-order valence-electron chi connectivity index (χ4n) is 1.47. The Hall–Kier alpha value is -1.65. The molecule has 4 nitrogen and oxygen atoms in total. The summed E-state index contributed by atoms with van der Waals surface area (Å²) in [7, 11) is 0. The number of hydrogen-bond acceptors (Lipinski definition) is 3. The van der Waals surface area contributed by atoms with Crippen LogP contribution in [0.1, 0.15) is 19.4 Å². The smallest absolute Gasteiger partial charge is 0.256 e. The van der Waals surface area contributed by atoms with E-state index in [1.54, 1.807) is 6.92 Å². The minimum absolute atomic E-state index is 0.200. The van der Waals surface area contributed by atoms with Crippen LogP contribution in [0.2, 0.25) is 0 Å². The summed E-state index contributed by atoms with van der Waals surface area (Å²) >= 11 is 0. The molecule has 0 fully saturated rings. The van der Waals surface area contributed by atoms with Gasteiger partial charge in [-0.05, 0) is 25.0 Å². The predicted octanol–water partition coefficient (Wildman–Crippen LogP) is 0.992. The molecule has 1 rings (SSSR count). The van der Waals surface area contributed by atoms with Gasteiger partial charge in [0.1, 0.15) is 0 Å². The Morgan fingerprint density at radius 1 is 1.39 bits per heavy atom. The summed E-state index contributed by atoms with van der Waals surface area (Å²) in [5.74, 6) is -0.478. The summed E-state index contributed by atoms with van der Waals surface area (Å²) in [5, 5.41) is 21.5. The van der Waals surface area contributed by atoms with Gasteiger partial charge in [0.05, 0.1) is 6.61 Å². The van der Waals surface area contributed by atoms with Gasteiger partial charge >= 0.3 is 0 Å². The van der Waals surface area contributed by atoms with Gasteiger partial charge in [-0.2, -0.15) is 0 Å². The molecule has 0 heterocycles. The van der Waals surface area contributed by atoms with Crippen molar-refractivity contribution in [1.29, 1.82) is 0 Å². The highest BCUT2D eigenvalue weighted by atomic mass is 16.3. The lowest BCUT2D eigenvalue weighted by Gasteiger charge is -2.23. The molecule has 0 saturated carbocycles. The van der Waals surface area contributed by atoms with Crippen LogP contribution in [0.4, 0.5) is 0 Å². The Bertz CT molecular complexity index is 424. The molecule has 0 aromatic heterocycles. The van der Waals surface area contributed by atoms with Crippen molar-refractivity contribution < 1.29 is 15.0 Å². The van der Waals surface area contributed by atoms with Gasteiger partial charge in [-0.3, -0.25) is 4.79 Å². The highest BCUT2D eigenvalue weighted by Gasteiger charge is 2.31. The Labute approximate surface area is 107 Å². The molecule has 0 saturated heterocycles. The highest BCUT2D eigenvalue weighted by Crippen LogP contribution is 2.16. The molecule has 1 atom stereocenters. The van der Waals surface area contributed by atoms with Crippen LogP contribution in [0.15, 0.2) is 42.0 Å². The minimum Gasteiger partial charge on any atom is -0.392 e. The number of aliphatic hydroxyl groups excluding tert-OH is 1. The van der Waals surface area contributed by atoms with Crippen molar-refractivity contribution in [3.8, 4) is 0 Å². The molecule has 1 unspecified atom stereocenters. The molecule has 0 aliphatic rings. The van der Waals surface area contributed by atoms with Crippen LogP contribution < -0.4 is 5.32 Å². The molecule has 0 aliphatic carbocycles. The standard InChI is InChI=1S/C14H19NO3/c1-11(8-9-16)14(2,18)13(17)15-10-12-6-4-3-5-7-12/h3-8,16,18H,9-10H2,1-2H3,(H,15,17)/b11-8+. The van der Waals surface area contributed by atoms with E-state index in [9.17, 15) is 9.90 Å². The van der Waals surface area contributed by atoms with Crippen molar-refractivity contribution in [2.24, 2.45) is 0 Å². The second kappa shape index (κ2) is 6.33. The fourth-order valence-corrected chi connectivity index (χ4v) is 1.47. The van der Waals surface area contributed by atoms with E-state index < -0.39 is 11.5 Å². The van der Waals surface area contributed by atoms with E-state index in [0.29, 0.717) is 12.1 Å². The molecule has 0 radical (unpaired) electrons. The van der Waals surface area contributed by atoms with Crippen LogP contribution in [0, 0.1) is 0 Å². The van der Waals surface area contributed by atoms with E-state index in [1.807, 2.05) is 30.3 Å². The average Bonchev–Trinajstić information content (AvgIpc) is 2.37. The first-order chi connectivity index (χ1) is 8.48. The topological polar surface area (TPSA) is 69.6 Å². The maximum absolute atomic E-state index is 11.9. The first-order valence-corrected chi connectivity index (χ1v) is 5.81. The summed E-state index contributed by atoms with van der Waals surface area (Å²) < 4.78 is 0. The van der Waals surface area contributed by atoms with Crippen LogP contribution in [-0.2, 0) is 11.3 Å². The quantitative estimate of drug-likeness (QED) is 0.682. The van der Waals surface area contributed by atoms with E-state index in [1.165, 1.54) is 13.0 Å². The largest absolute Gasteiger partial charge is 0.392 e. The molecule has 4 heteroatoms. The number of carbonyl (C=O) groups excluding carboxylic acids is 1. The summed E-state index contributed by atoms with van der Waals surface area (Å²) in [4.78, 5) is 11.9. The van der Waals surface area contributed by atoms with Crippen LogP contribution in [0.25, 0.3) is 0 Å². The van der Waals surface area contributed by atoms with Crippen LogP contribution in [-0.4, -0.2) is 28.3 Å². The molecule has 18 heavy (non-hydrogen) atoms. The van der Waals surface area contributed by atoms with Crippen molar-refractivity contribution >= 4 is 5.91 Å². The fraction of sp³-hybridized carbons (Fsp3) is 0.357. The van der Waals surface area contributed by atoms with E-state index >= 15 is 0 Å². The minimum atomic E-state index is -1.60. The van der Waals surface area contributed by atoms with E-state index in [-0.39, 0.29) is 6.61 Å². The molecule has 0 aliphatic heterocycles. The number of benzene rings is 1. The van der Waals surface area contributed by atoms with Crippen molar-refractivity contribution in [3.05, 3.63) is 47.5 Å². The highest BCUT2D eigenvalue weighted by molar-refractivity contribution is 5.87. The van der Waals surface area contributed by atoms with Gasteiger partial charge in [0.25, 0.3) is 5.91 Å². The van der Waals surface area contributed by atoms with E-state index in [0.717, 1.165) is 5.56 Å². The lowest BCUT2D eigenvalue weighted by molar-refractivity contribution is -0.134. The van der Waals surface area contributed by atoms with Gasteiger partial charge in [-0.25, -0.2) is 0 Å². The third kappa shape index (κ3) is 3.68. The number of hydrogen-bond donors (Lipinski definition) is 3. The number of nitrogens with one attached hydrogen (secondary N) is 1. The summed E-state index contributed by atoms with van der Waals surface area (Å²) in [6.45, 7) is 3.18. The third-order valence-electron chi connectivity index (χ3n) is 2.90. The predicted molar refractivity (Wildman–Crippen MR) is 69.8 cm³/mol. The Kier molecular flexibility index (Phi) is 5.07. The van der Waals surface area contributed by atoms with Gasteiger partial charge in [0.2, 0.25) is 0 Å². The van der Waals surface area contributed by atoms with Gasteiger partial charge in [0, 0.05) is 6.54 Å². The number of carbonyl (C=O) groups is 1. The molecule has 0 bridgehead atoms. The Morgan fingerprint density at radius 3 is 2.56 bits per heavy atom. The van der Waals surface area contributed by atoms with Crippen molar-refractivity contribution in [1.82, 2.24) is 5.32 Å². The first-order valence-electron chi connectivity index (χ1n) is 5.81. The zero-order valence-corrected chi connectivity index (χ0v) is 10.7. The summed E-state index contributed by atoms with van der Waals surface area (Å²) in [6.07, 6.45) is 1.42. The maximum Gasteiger partial charge on any atom is 0.256 e. The molecule has 0 spiro atoms. The van der Waals surface area contributed by atoms with Gasteiger partial charge in [0.15, 0.2) is 5.60 Å². The normalized spacial score (nSPS) is 15.0. The van der Waals surface area contributed by atoms with Crippen LogP contribution in [0.3, 0.4) is 0 Å². The molecule has 1 aromatic carbocycles. The Morgan fingerprint density at radius 2 is 2.00 bits per heavy atom. The van der Waals surface area contributed by atoms with E-state index in [4.69, 9.17) is 5.11 Å². The van der Waals surface area contributed by atoms with Gasteiger partial charge in [-0.15, -0.1) is 0 Å². The molecule has 3 N–H and O–H groups in total. The number of amides is 1. The van der Waals surface area contributed by atoms with Crippen molar-refractivity contribution in [2.45, 2.75) is 26.0 Å².